The van der Waals surface area contributed by atoms with E-state index in [4.69, 9.17) is 19.3 Å². The van der Waals surface area contributed by atoms with Crippen molar-refractivity contribution in [2.45, 2.75) is 38.9 Å². The monoisotopic (exact) mass is 445 g/mol. The summed E-state index contributed by atoms with van der Waals surface area (Å²) in [5, 5.41) is 4.38. The molecule has 1 saturated heterocycles. The molecule has 1 fully saturated rings. The smallest absolute Gasteiger partial charge is 0.399 e. The van der Waals surface area contributed by atoms with Gasteiger partial charge in [-0.2, -0.15) is 0 Å². The van der Waals surface area contributed by atoms with Crippen LogP contribution in [-0.2, 0) is 9.31 Å². The van der Waals surface area contributed by atoms with E-state index < -0.39 is 18.3 Å². The molecular weight excluding hydrogens is 421 g/mol. The Bertz CT molecular complexity index is 1770. The van der Waals surface area contributed by atoms with Crippen molar-refractivity contribution in [1.82, 2.24) is 14.4 Å². The molecule has 0 saturated carbocycles. The van der Waals surface area contributed by atoms with Gasteiger partial charge in [-0.3, -0.25) is 9.38 Å². The molecule has 3 aromatic carbocycles. The van der Waals surface area contributed by atoms with Crippen LogP contribution in [0.1, 0.15) is 27.7 Å². The second-order valence-electron chi connectivity index (χ2n) is 10.2. The van der Waals surface area contributed by atoms with Crippen molar-refractivity contribution >= 4 is 61.8 Å². The van der Waals surface area contributed by atoms with Crippen molar-refractivity contribution < 1.29 is 9.31 Å². The highest BCUT2D eigenvalue weighted by atomic mass is 16.7. The van der Waals surface area contributed by atoms with Crippen LogP contribution in [0.15, 0.2) is 72.9 Å². The van der Waals surface area contributed by atoms with Gasteiger partial charge in [0.25, 0.3) is 0 Å². The quantitative estimate of drug-likeness (QED) is 0.243. The predicted octanol–water partition coefficient (Wildman–Crippen LogP) is 5.64. The van der Waals surface area contributed by atoms with Crippen LogP contribution >= 0.6 is 0 Å². The maximum absolute atomic E-state index is 6.49. The summed E-state index contributed by atoms with van der Waals surface area (Å²) in [5.41, 5.74) is 5.15. The molecule has 5 nitrogen and oxygen atoms in total. The summed E-state index contributed by atoms with van der Waals surface area (Å²) in [5.74, 6) is 0. The van der Waals surface area contributed by atoms with E-state index in [2.05, 4.69) is 86.7 Å². The minimum absolute atomic E-state index is 0.418. The van der Waals surface area contributed by atoms with E-state index in [0.29, 0.717) is 0 Å². The van der Waals surface area contributed by atoms with Gasteiger partial charge in [0, 0.05) is 17.0 Å². The van der Waals surface area contributed by atoms with Crippen LogP contribution in [0.4, 0.5) is 0 Å². The fraction of sp³-hybridized carbons (Fsp3) is 0.214. The van der Waals surface area contributed by atoms with Gasteiger partial charge in [-0.15, -0.1) is 0 Å². The van der Waals surface area contributed by atoms with Crippen LogP contribution in [0.5, 0.6) is 0 Å². The van der Waals surface area contributed by atoms with Gasteiger partial charge in [-0.1, -0.05) is 42.5 Å². The molecule has 1 aliphatic rings. The number of hydrogen-bond acceptors (Lipinski definition) is 4. The third-order valence-corrected chi connectivity index (χ3v) is 7.65. The number of fused-ring (bicyclic) bond motifs is 10. The molecule has 1 aliphatic heterocycles. The Morgan fingerprint density at radius 2 is 1.44 bits per heavy atom. The van der Waals surface area contributed by atoms with Crippen LogP contribution in [-0.4, -0.2) is 32.7 Å². The second kappa shape index (κ2) is 6.56. The third-order valence-electron chi connectivity index (χ3n) is 7.65. The molecule has 0 atom stereocenters. The molecule has 7 rings (SSSR count). The van der Waals surface area contributed by atoms with Crippen molar-refractivity contribution in [1.29, 1.82) is 0 Å². The molecule has 0 N–H and O–H groups in total. The Balaban J connectivity index is 1.68. The van der Waals surface area contributed by atoms with Gasteiger partial charge in [0.1, 0.15) is 5.65 Å². The number of benzene rings is 3. The number of para-hydroxylation sites is 2. The van der Waals surface area contributed by atoms with E-state index in [1.165, 1.54) is 0 Å². The van der Waals surface area contributed by atoms with Crippen LogP contribution < -0.4 is 5.46 Å². The topological polar surface area (TPSA) is 48.7 Å². The van der Waals surface area contributed by atoms with E-state index in [-0.39, 0.29) is 0 Å². The van der Waals surface area contributed by atoms with Gasteiger partial charge in [0.05, 0.1) is 33.3 Å². The Morgan fingerprint density at radius 1 is 0.765 bits per heavy atom. The zero-order valence-electron chi connectivity index (χ0n) is 19.7. The summed E-state index contributed by atoms with van der Waals surface area (Å²) in [4.78, 5) is 9.94. The number of aromatic nitrogens is 3. The highest BCUT2D eigenvalue weighted by molar-refractivity contribution is 6.66. The summed E-state index contributed by atoms with van der Waals surface area (Å²) in [6.07, 6.45) is 1.86. The van der Waals surface area contributed by atoms with Gasteiger partial charge in [-0.25, -0.2) is 4.98 Å². The lowest BCUT2D eigenvalue weighted by Crippen LogP contribution is -2.41. The average molecular weight is 445 g/mol. The van der Waals surface area contributed by atoms with Gasteiger partial charge < -0.3 is 9.31 Å². The van der Waals surface area contributed by atoms with E-state index in [1.54, 1.807) is 0 Å². The van der Waals surface area contributed by atoms with Crippen LogP contribution in [0.2, 0.25) is 0 Å². The van der Waals surface area contributed by atoms with Crippen LogP contribution in [0, 0.1) is 0 Å². The summed E-state index contributed by atoms with van der Waals surface area (Å²) in [7, 11) is -0.465. The van der Waals surface area contributed by atoms with Crippen molar-refractivity contribution in [3.63, 3.8) is 0 Å². The standard InChI is InChI=1S/C28H24BN3O2/c1-27(2)28(3,4)34-29(33-27)20-16-19-24(18-11-6-5-10-17(18)20)26-31-21-12-7-8-13-22(21)32(26)23-14-9-15-30-25(19)23/h5-16H,1-4H3. The van der Waals surface area contributed by atoms with Crippen molar-refractivity contribution in [2.75, 3.05) is 0 Å². The number of pyridine rings is 2. The molecule has 0 spiro atoms. The van der Waals surface area contributed by atoms with E-state index >= 15 is 0 Å². The Morgan fingerprint density at radius 3 is 2.24 bits per heavy atom. The lowest BCUT2D eigenvalue weighted by molar-refractivity contribution is 0.00578. The molecule has 6 aromatic rings. The third kappa shape index (κ3) is 2.52. The van der Waals surface area contributed by atoms with Crippen LogP contribution in [0.25, 0.3) is 49.3 Å². The predicted molar refractivity (Wildman–Crippen MR) is 139 cm³/mol. The maximum Gasteiger partial charge on any atom is 0.495 e. The molecule has 0 bridgehead atoms. The fourth-order valence-electron chi connectivity index (χ4n) is 5.22. The molecule has 0 unspecified atom stereocenters. The minimum Gasteiger partial charge on any atom is -0.399 e. The summed E-state index contributed by atoms with van der Waals surface area (Å²) in [6, 6.07) is 23.1. The first-order chi connectivity index (χ1) is 16.4. The first kappa shape index (κ1) is 19.9. The van der Waals surface area contributed by atoms with Gasteiger partial charge >= 0.3 is 7.12 Å². The summed E-state index contributed by atoms with van der Waals surface area (Å²) in [6.45, 7) is 8.36. The van der Waals surface area contributed by atoms with E-state index in [1.807, 2.05) is 18.3 Å². The first-order valence-corrected chi connectivity index (χ1v) is 11.7. The Hall–Kier alpha value is -3.48. The molecule has 3 aromatic heterocycles. The lowest BCUT2D eigenvalue weighted by atomic mass is 9.74. The van der Waals surface area contributed by atoms with Crippen molar-refractivity contribution in [3.05, 3.63) is 72.9 Å². The fourth-order valence-corrected chi connectivity index (χ4v) is 5.22. The van der Waals surface area contributed by atoms with Crippen molar-refractivity contribution in [2.24, 2.45) is 0 Å². The van der Waals surface area contributed by atoms with E-state index in [9.17, 15) is 0 Å². The number of hydrogen-bond donors (Lipinski definition) is 0. The summed E-state index contributed by atoms with van der Waals surface area (Å²) >= 11 is 0. The molecular formula is C28H24BN3O2. The van der Waals surface area contributed by atoms with E-state index in [0.717, 1.165) is 54.7 Å². The zero-order chi connectivity index (χ0) is 23.2. The molecule has 166 valence electrons. The Labute approximate surface area is 197 Å². The summed E-state index contributed by atoms with van der Waals surface area (Å²) < 4.78 is 15.2. The van der Waals surface area contributed by atoms with Gasteiger partial charge in [0.15, 0.2) is 0 Å². The highest BCUT2D eigenvalue weighted by Gasteiger charge is 2.52. The Kier molecular flexibility index (Phi) is 3.85. The largest absolute Gasteiger partial charge is 0.495 e. The molecule has 34 heavy (non-hydrogen) atoms. The molecule has 0 aliphatic carbocycles. The van der Waals surface area contributed by atoms with Gasteiger partial charge in [0.2, 0.25) is 0 Å². The molecule has 0 radical (unpaired) electrons. The minimum atomic E-state index is -0.465. The molecule has 0 amide bonds. The zero-order valence-corrected chi connectivity index (χ0v) is 19.7. The lowest BCUT2D eigenvalue weighted by Gasteiger charge is -2.32. The maximum atomic E-state index is 6.49. The second-order valence-corrected chi connectivity index (χ2v) is 10.2. The molecule has 4 heterocycles. The number of nitrogens with zero attached hydrogens (tertiary/aromatic N) is 3. The normalized spacial score (nSPS) is 17.6. The van der Waals surface area contributed by atoms with Crippen molar-refractivity contribution in [3.8, 4) is 0 Å². The van der Waals surface area contributed by atoms with Gasteiger partial charge in [-0.05, 0) is 68.2 Å². The average Bonchev–Trinajstić information content (AvgIpc) is 3.32. The number of imidazole rings is 1. The van der Waals surface area contributed by atoms with Crippen LogP contribution in [0.3, 0.4) is 0 Å². The first-order valence-electron chi connectivity index (χ1n) is 11.7. The number of rotatable bonds is 1. The molecule has 6 heteroatoms. The SMILES string of the molecule is CC1(C)OB(c2cc3c4ncccc4n4c5ccccc5nc4c3c3ccccc23)OC1(C)C. The highest BCUT2D eigenvalue weighted by Crippen LogP contribution is 2.39.